The van der Waals surface area contributed by atoms with Gasteiger partial charge in [0.2, 0.25) is 0 Å². The Labute approximate surface area is 122 Å². The van der Waals surface area contributed by atoms with E-state index in [1.807, 2.05) is 0 Å². The van der Waals surface area contributed by atoms with Crippen molar-refractivity contribution in [2.75, 3.05) is 6.61 Å². The maximum Gasteiger partial charge on any atom is 0.404 e. The Morgan fingerprint density at radius 1 is 1.33 bits per heavy atom. The first-order valence-corrected chi connectivity index (χ1v) is 7.06. The summed E-state index contributed by atoms with van der Waals surface area (Å²) in [7, 11) is 0. The van der Waals surface area contributed by atoms with Crippen molar-refractivity contribution in [2.24, 2.45) is 0 Å². The molecule has 1 atom stereocenters. The molecule has 21 heavy (non-hydrogen) atoms. The molecule has 0 spiro atoms. The number of amides is 1. The normalized spacial score (nSPS) is 23.5. The van der Waals surface area contributed by atoms with Gasteiger partial charge in [0, 0.05) is 11.6 Å². The van der Waals surface area contributed by atoms with Gasteiger partial charge in [0.05, 0.1) is 12.7 Å². The zero-order chi connectivity index (χ0) is 15.2. The van der Waals surface area contributed by atoms with E-state index in [1.165, 1.54) is 18.2 Å². The second-order valence-electron chi connectivity index (χ2n) is 5.25. The Morgan fingerprint density at radius 2 is 2.00 bits per heavy atom. The number of hydrogen-bond acceptors (Lipinski definition) is 2. The van der Waals surface area contributed by atoms with Gasteiger partial charge in [0.1, 0.15) is 5.82 Å². The molecule has 1 amide bonds. The summed E-state index contributed by atoms with van der Waals surface area (Å²) in [6, 6.07) is 5.69. The zero-order valence-electron chi connectivity index (χ0n) is 11.6. The number of hydrogen-bond donors (Lipinski definition) is 2. The smallest absolute Gasteiger partial charge is 0.404 e. The summed E-state index contributed by atoms with van der Waals surface area (Å²) < 4.78 is 32.9. The maximum atomic E-state index is 13.9. The SMILES string of the molecule is O=C(O)NC1CCC(OCC(F)c2ccccc2F)CC1. The molecule has 0 aromatic heterocycles. The summed E-state index contributed by atoms with van der Waals surface area (Å²) in [6.45, 7) is -0.178. The van der Waals surface area contributed by atoms with E-state index in [4.69, 9.17) is 9.84 Å². The van der Waals surface area contributed by atoms with Gasteiger partial charge in [-0.3, -0.25) is 0 Å². The third-order valence-electron chi connectivity index (χ3n) is 3.72. The Hall–Kier alpha value is -1.69. The summed E-state index contributed by atoms with van der Waals surface area (Å²) >= 11 is 0. The van der Waals surface area contributed by atoms with Crippen LogP contribution in [0.3, 0.4) is 0 Å². The van der Waals surface area contributed by atoms with Crippen LogP contribution >= 0.6 is 0 Å². The molecule has 1 fully saturated rings. The highest BCUT2D eigenvalue weighted by Crippen LogP contribution is 2.25. The Kier molecular flexibility index (Phi) is 5.50. The van der Waals surface area contributed by atoms with Crippen LogP contribution in [0.1, 0.15) is 37.4 Å². The number of rotatable bonds is 5. The van der Waals surface area contributed by atoms with Gasteiger partial charge < -0.3 is 15.2 Å². The molecular formula is C15H19F2NO3. The van der Waals surface area contributed by atoms with Gasteiger partial charge in [0.15, 0.2) is 6.17 Å². The lowest BCUT2D eigenvalue weighted by atomic mass is 9.93. The van der Waals surface area contributed by atoms with Crippen molar-refractivity contribution in [3.63, 3.8) is 0 Å². The summed E-state index contributed by atoms with van der Waals surface area (Å²) in [6.07, 6.45) is 0.0937. The molecule has 116 valence electrons. The van der Waals surface area contributed by atoms with E-state index in [2.05, 4.69) is 5.32 Å². The highest BCUT2D eigenvalue weighted by molar-refractivity contribution is 5.64. The number of benzene rings is 1. The Balaban J connectivity index is 1.75. The van der Waals surface area contributed by atoms with E-state index in [0.29, 0.717) is 25.7 Å². The van der Waals surface area contributed by atoms with E-state index in [9.17, 15) is 13.6 Å². The molecule has 1 aliphatic carbocycles. The van der Waals surface area contributed by atoms with E-state index in [0.717, 1.165) is 0 Å². The highest BCUT2D eigenvalue weighted by Gasteiger charge is 2.24. The minimum Gasteiger partial charge on any atom is -0.465 e. The van der Waals surface area contributed by atoms with Crippen molar-refractivity contribution >= 4 is 6.09 Å². The van der Waals surface area contributed by atoms with Crippen molar-refractivity contribution in [3.8, 4) is 0 Å². The van der Waals surface area contributed by atoms with Crippen LogP contribution in [0, 0.1) is 5.82 Å². The molecule has 0 heterocycles. The Bertz CT molecular complexity index is 476. The third kappa shape index (κ3) is 4.67. The predicted octanol–water partition coefficient (Wildman–Crippen LogP) is 3.43. The number of alkyl halides is 1. The highest BCUT2D eigenvalue weighted by atomic mass is 19.1. The lowest BCUT2D eigenvalue weighted by Crippen LogP contribution is -2.38. The zero-order valence-corrected chi connectivity index (χ0v) is 11.6. The largest absolute Gasteiger partial charge is 0.465 e. The average Bonchev–Trinajstić information content (AvgIpc) is 2.46. The topological polar surface area (TPSA) is 58.6 Å². The van der Waals surface area contributed by atoms with E-state index in [1.54, 1.807) is 6.07 Å². The Morgan fingerprint density at radius 3 is 2.62 bits per heavy atom. The number of ether oxygens (including phenoxy) is 1. The fourth-order valence-electron chi connectivity index (χ4n) is 2.59. The fraction of sp³-hybridized carbons (Fsp3) is 0.533. The molecule has 0 aliphatic heterocycles. The molecule has 0 bridgehead atoms. The van der Waals surface area contributed by atoms with Crippen molar-refractivity contribution in [1.82, 2.24) is 5.32 Å². The van der Waals surface area contributed by atoms with Gasteiger partial charge >= 0.3 is 6.09 Å². The molecule has 4 nitrogen and oxygen atoms in total. The minimum absolute atomic E-state index is 0.0127. The second-order valence-corrected chi connectivity index (χ2v) is 5.25. The first kappa shape index (κ1) is 15.7. The second kappa shape index (κ2) is 7.36. The first-order chi connectivity index (χ1) is 10.1. The van der Waals surface area contributed by atoms with Crippen molar-refractivity contribution < 1.29 is 23.4 Å². The van der Waals surface area contributed by atoms with E-state index < -0.39 is 18.1 Å². The summed E-state index contributed by atoms with van der Waals surface area (Å²) in [5, 5.41) is 11.1. The molecule has 2 rings (SSSR count). The monoisotopic (exact) mass is 299 g/mol. The third-order valence-corrected chi connectivity index (χ3v) is 3.72. The van der Waals surface area contributed by atoms with Gasteiger partial charge in [0.25, 0.3) is 0 Å². The lowest BCUT2D eigenvalue weighted by Gasteiger charge is -2.28. The van der Waals surface area contributed by atoms with E-state index in [-0.39, 0.29) is 24.3 Å². The standard InChI is InChI=1S/C15H19F2NO3/c16-13-4-2-1-3-12(13)14(17)9-21-11-7-5-10(6-8-11)18-15(19)20/h1-4,10-11,14,18H,5-9H2,(H,19,20). The molecule has 1 aromatic rings. The molecule has 1 aliphatic rings. The number of carbonyl (C=O) groups is 1. The van der Waals surface area contributed by atoms with Gasteiger partial charge in [-0.05, 0) is 31.7 Å². The summed E-state index contributed by atoms with van der Waals surface area (Å²) in [4.78, 5) is 10.5. The minimum atomic E-state index is -1.49. The fourth-order valence-corrected chi connectivity index (χ4v) is 2.59. The van der Waals surface area contributed by atoms with Crippen molar-refractivity contribution in [3.05, 3.63) is 35.6 Å². The number of halogens is 2. The molecule has 6 heteroatoms. The van der Waals surface area contributed by atoms with E-state index >= 15 is 0 Å². The van der Waals surface area contributed by atoms with Gasteiger partial charge in [-0.1, -0.05) is 18.2 Å². The van der Waals surface area contributed by atoms with Crippen molar-refractivity contribution in [1.29, 1.82) is 0 Å². The van der Waals surface area contributed by atoms with Crippen LogP contribution in [-0.4, -0.2) is 30.0 Å². The van der Waals surface area contributed by atoms with Crippen LogP contribution in [0.5, 0.6) is 0 Å². The molecule has 1 saturated carbocycles. The predicted molar refractivity (Wildman–Crippen MR) is 73.4 cm³/mol. The van der Waals surface area contributed by atoms with Crippen LogP contribution < -0.4 is 5.32 Å². The summed E-state index contributed by atoms with van der Waals surface area (Å²) in [5.41, 5.74) is 0.0127. The molecule has 0 radical (unpaired) electrons. The van der Waals surface area contributed by atoms with Crippen LogP contribution in [0.4, 0.5) is 13.6 Å². The first-order valence-electron chi connectivity index (χ1n) is 7.06. The van der Waals surface area contributed by atoms with Crippen LogP contribution in [0.25, 0.3) is 0 Å². The molecule has 2 N–H and O–H groups in total. The van der Waals surface area contributed by atoms with Crippen LogP contribution in [0.2, 0.25) is 0 Å². The van der Waals surface area contributed by atoms with Gasteiger partial charge in [-0.25, -0.2) is 13.6 Å². The molecule has 1 aromatic carbocycles. The number of nitrogens with one attached hydrogen (secondary N) is 1. The van der Waals surface area contributed by atoms with Gasteiger partial charge in [-0.2, -0.15) is 0 Å². The quantitative estimate of drug-likeness (QED) is 0.875. The van der Waals surface area contributed by atoms with Crippen LogP contribution in [0.15, 0.2) is 24.3 Å². The number of carboxylic acid groups (broad SMARTS) is 1. The van der Waals surface area contributed by atoms with Crippen molar-refractivity contribution in [2.45, 2.75) is 44.0 Å². The maximum absolute atomic E-state index is 13.9. The molecule has 1 unspecified atom stereocenters. The van der Waals surface area contributed by atoms with Crippen LogP contribution in [-0.2, 0) is 4.74 Å². The summed E-state index contributed by atoms with van der Waals surface area (Å²) in [5.74, 6) is -0.567. The average molecular weight is 299 g/mol. The van der Waals surface area contributed by atoms with Gasteiger partial charge in [-0.15, -0.1) is 0 Å². The lowest BCUT2D eigenvalue weighted by molar-refractivity contribution is -0.00572. The molecular weight excluding hydrogens is 280 g/mol. The molecule has 0 saturated heterocycles.